The molecule has 0 spiro atoms. The lowest BCUT2D eigenvalue weighted by molar-refractivity contribution is -0.121. The van der Waals surface area contributed by atoms with Crippen LogP contribution in [0.3, 0.4) is 0 Å². The molecular weight excluding hydrogens is 320 g/mol. The normalized spacial score (nSPS) is 19.8. The van der Waals surface area contributed by atoms with Gasteiger partial charge in [0, 0.05) is 5.56 Å². The van der Waals surface area contributed by atoms with Crippen molar-refractivity contribution in [2.45, 2.75) is 20.0 Å². The van der Waals surface area contributed by atoms with Crippen molar-refractivity contribution in [1.82, 2.24) is 0 Å². The van der Waals surface area contributed by atoms with Crippen molar-refractivity contribution in [2.24, 2.45) is 0 Å². The third-order valence-corrected chi connectivity index (χ3v) is 4.79. The maximum Gasteiger partial charge on any atom is 0.231 e. The number of nitrogens with one attached hydrogen (secondary N) is 2. The number of aryl methyl sites for hydroxylation is 2. The van der Waals surface area contributed by atoms with Crippen LogP contribution in [0.1, 0.15) is 22.8 Å². The molecule has 1 atom stereocenters. The largest absolute Gasteiger partial charge is 0.461 e. The lowest BCUT2D eigenvalue weighted by atomic mass is 10.0. The summed E-state index contributed by atoms with van der Waals surface area (Å²) in [5, 5.41) is 6.44. The van der Waals surface area contributed by atoms with Gasteiger partial charge in [-0.15, -0.1) is 0 Å². The number of carbonyl (C=O) groups excluding carboxylic acids is 1. The zero-order chi connectivity index (χ0) is 17.1. The van der Waals surface area contributed by atoms with E-state index in [0.29, 0.717) is 23.1 Å². The molecule has 3 heterocycles. The Morgan fingerprint density at radius 1 is 0.960 bits per heavy atom. The second kappa shape index (κ2) is 4.92. The summed E-state index contributed by atoms with van der Waals surface area (Å²) >= 11 is 0. The summed E-state index contributed by atoms with van der Waals surface area (Å²) in [6, 6.07) is 9.50. The highest BCUT2D eigenvalue weighted by Crippen LogP contribution is 2.42. The van der Waals surface area contributed by atoms with Gasteiger partial charge in [-0.3, -0.25) is 4.79 Å². The van der Waals surface area contributed by atoms with Crippen LogP contribution in [0.2, 0.25) is 0 Å². The van der Waals surface area contributed by atoms with Gasteiger partial charge in [0.2, 0.25) is 18.5 Å². The summed E-state index contributed by atoms with van der Waals surface area (Å²) < 4.78 is 16.6. The molecule has 3 aliphatic heterocycles. The topological polar surface area (TPSA) is 68.8 Å². The van der Waals surface area contributed by atoms with Gasteiger partial charge in [0.25, 0.3) is 0 Å². The Bertz CT molecular complexity index is 964. The number of ketones is 1. The van der Waals surface area contributed by atoms with Gasteiger partial charge in [-0.2, -0.15) is 0 Å². The molecule has 0 aliphatic carbocycles. The van der Waals surface area contributed by atoms with Gasteiger partial charge in [-0.1, -0.05) is 6.07 Å². The average molecular weight is 336 g/mol. The van der Waals surface area contributed by atoms with Gasteiger partial charge in [0.05, 0.1) is 11.4 Å². The molecule has 0 fully saturated rings. The van der Waals surface area contributed by atoms with E-state index in [1.807, 2.05) is 25.1 Å². The van der Waals surface area contributed by atoms with Crippen molar-refractivity contribution in [3.8, 4) is 11.5 Å². The van der Waals surface area contributed by atoms with E-state index < -0.39 is 6.10 Å². The first-order chi connectivity index (χ1) is 12.1. The molecule has 0 bridgehead atoms. The van der Waals surface area contributed by atoms with E-state index in [2.05, 4.69) is 17.6 Å². The minimum absolute atomic E-state index is 0.106. The van der Waals surface area contributed by atoms with Crippen LogP contribution in [0, 0.1) is 13.8 Å². The number of anilines is 2. The summed E-state index contributed by atoms with van der Waals surface area (Å²) in [7, 11) is 0. The van der Waals surface area contributed by atoms with Gasteiger partial charge >= 0.3 is 0 Å². The van der Waals surface area contributed by atoms with Crippen molar-refractivity contribution >= 4 is 17.2 Å². The fraction of sp³-hybridized carbons (Fsp3) is 0.211. The number of carbonyl (C=O) groups is 1. The molecule has 6 nitrogen and oxygen atoms in total. The molecule has 3 aliphatic rings. The van der Waals surface area contributed by atoms with E-state index >= 15 is 0 Å². The smallest absolute Gasteiger partial charge is 0.231 e. The van der Waals surface area contributed by atoms with Gasteiger partial charge < -0.3 is 24.8 Å². The highest BCUT2D eigenvalue weighted by atomic mass is 16.7. The standard InChI is InChI=1S/C19H16N2O4/c1-9-5-12-13(6-10(9)2)21-19-16(20-12)17(22)18(25-19)11-3-4-14-15(7-11)24-8-23-14/h3-7,18,20-21H,8H2,1-2H3/t18-/m0/s1. The molecule has 0 unspecified atom stereocenters. The molecule has 25 heavy (non-hydrogen) atoms. The molecule has 0 amide bonds. The Kier molecular flexibility index (Phi) is 2.80. The van der Waals surface area contributed by atoms with Crippen LogP contribution in [0.25, 0.3) is 0 Å². The maximum absolute atomic E-state index is 12.8. The SMILES string of the molecule is Cc1cc2c(cc1C)NC1=C(N2)O[C@@H](c2ccc3c(c2)OCO3)C1=O. The Morgan fingerprint density at radius 3 is 2.48 bits per heavy atom. The molecule has 2 aromatic carbocycles. The molecule has 6 heteroatoms. The monoisotopic (exact) mass is 336 g/mol. The number of hydrogen-bond acceptors (Lipinski definition) is 6. The summed E-state index contributed by atoms with van der Waals surface area (Å²) in [6.07, 6.45) is -0.698. The fourth-order valence-electron chi connectivity index (χ4n) is 3.26. The van der Waals surface area contributed by atoms with E-state index in [9.17, 15) is 4.79 Å². The zero-order valence-electron chi connectivity index (χ0n) is 13.8. The molecular formula is C19H16N2O4. The minimum Gasteiger partial charge on any atom is -0.461 e. The summed E-state index contributed by atoms with van der Waals surface area (Å²) in [4.78, 5) is 12.8. The lowest BCUT2D eigenvalue weighted by Gasteiger charge is -2.21. The maximum atomic E-state index is 12.8. The van der Waals surface area contributed by atoms with Crippen molar-refractivity contribution in [3.63, 3.8) is 0 Å². The second-order valence-electron chi connectivity index (χ2n) is 6.41. The quantitative estimate of drug-likeness (QED) is 0.832. The predicted octanol–water partition coefficient (Wildman–Crippen LogP) is 3.38. The third kappa shape index (κ3) is 2.07. The van der Waals surface area contributed by atoms with Crippen molar-refractivity contribution in [3.05, 3.63) is 58.6 Å². The van der Waals surface area contributed by atoms with Crippen LogP contribution in [-0.2, 0) is 9.53 Å². The lowest BCUT2D eigenvalue weighted by Crippen LogP contribution is -2.18. The van der Waals surface area contributed by atoms with Crippen molar-refractivity contribution in [1.29, 1.82) is 0 Å². The van der Waals surface area contributed by atoms with Crippen LogP contribution >= 0.6 is 0 Å². The summed E-state index contributed by atoms with van der Waals surface area (Å²) in [5.74, 6) is 1.67. The molecule has 126 valence electrons. The van der Waals surface area contributed by atoms with E-state index in [-0.39, 0.29) is 12.6 Å². The summed E-state index contributed by atoms with van der Waals surface area (Å²) in [6.45, 7) is 4.30. The predicted molar refractivity (Wildman–Crippen MR) is 91.6 cm³/mol. The van der Waals surface area contributed by atoms with Crippen molar-refractivity contribution < 1.29 is 19.0 Å². The molecule has 2 aromatic rings. The molecule has 0 saturated heterocycles. The van der Waals surface area contributed by atoms with Crippen LogP contribution in [0.4, 0.5) is 11.4 Å². The van der Waals surface area contributed by atoms with E-state index in [1.54, 1.807) is 12.1 Å². The fourth-order valence-corrected chi connectivity index (χ4v) is 3.26. The first-order valence-electron chi connectivity index (χ1n) is 8.10. The second-order valence-corrected chi connectivity index (χ2v) is 6.41. The Morgan fingerprint density at radius 2 is 1.68 bits per heavy atom. The number of fused-ring (bicyclic) bond motifs is 2. The Hall–Kier alpha value is -3.15. The Balaban J connectivity index is 1.47. The number of benzene rings is 2. The van der Waals surface area contributed by atoms with Crippen LogP contribution in [-0.4, -0.2) is 12.6 Å². The zero-order valence-corrected chi connectivity index (χ0v) is 13.8. The first-order valence-corrected chi connectivity index (χ1v) is 8.10. The van der Waals surface area contributed by atoms with Crippen LogP contribution in [0.5, 0.6) is 11.5 Å². The number of ether oxygens (including phenoxy) is 3. The Labute approximate surface area is 144 Å². The van der Waals surface area contributed by atoms with Gasteiger partial charge in [0.15, 0.2) is 17.6 Å². The van der Waals surface area contributed by atoms with Gasteiger partial charge in [-0.25, -0.2) is 0 Å². The minimum atomic E-state index is -0.698. The van der Waals surface area contributed by atoms with Gasteiger partial charge in [-0.05, 0) is 49.2 Å². The van der Waals surface area contributed by atoms with E-state index in [1.165, 1.54) is 5.56 Å². The first kappa shape index (κ1) is 14.2. The number of rotatable bonds is 1. The number of Topliss-reactive ketones (excluding diaryl/α,β-unsaturated/α-hetero) is 1. The van der Waals surface area contributed by atoms with E-state index in [0.717, 1.165) is 22.5 Å². The van der Waals surface area contributed by atoms with E-state index in [4.69, 9.17) is 14.2 Å². The molecule has 0 saturated carbocycles. The highest BCUT2D eigenvalue weighted by Gasteiger charge is 2.39. The van der Waals surface area contributed by atoms with Crippen LogP contribution in [0.15, 0.2) is 41.9 Å². The third-order valence-electron chi connectivity index (χ3n) is 4.79. The summed E-state index contributed by atoms with van der Waals surface area (Å²) in [5.41, 5.74) is 5.32. The average Bonchev–Trinajstić information content (AvgIpc) is 3.18. The van der Waals surface area contributed by atoms with Gasteiger partial charge in [0.1, 0.15) is 5.70 Å². The molecule has 0 radical (unpaired) electrons. The molecule has 0 aromatic heterocycles. The molecule has 5 rings (SSSR count). The molecule has 2 N–H and O–H groups in total. The highest BCUT2D eigenvalue weighted by molar-refractivity contribution is 6.06. The van der Waals surface area contributed by atoms with Crippen LogP contribution < -0.4 is 20.1 Å². The number of hydrogen-bond donors (Lipinski definition) is 2. The van der Waals surface area contributed by atoms with Crippen molar-refractivity contribution in [2.75, 3.05) is 17.4 Å².